The topological polar surface area (TPSA) is 70.0 Å². The first kappa shape index (κ1) is 11.4. The van der Waals surface area contributed by atoms with Gasteiger partial charge in [0.05, 0.1) is 19.3 Å². The third-order valence-electron chi connectivity index (χ3n) is 2.36. The van der Waals surface area contributed by atoms with Crippen LogP contribution in [0.1, 0.15) is 13.3 Å². The zero-order valence-corrected chi connectivity index (χ0v) is 8.35. The molecule has 0 aromatic rings. The number of aliphatic carboxylic acids is 1. The highest BCUT2D eigenvalue weighted by Gasteiger charge is 2.28. The van der Waals surface area contributed by atoms with Crippen LogP contribution in [-0.4, -0.2) is 59.5 Å². The van der Waals surface area contributed by atoms with Gasteiger partial charge in [-0.3, -0.25) is 9.69 Å². The van der Waals surface area contributed by atoms with E-state index in [1.165, 1.54) is 0 Å². The minimum atomic E-state index is -0.852. The molecule has 1 fully saturated rings. The van der Waals surface area contributed by atoms with Crippen LogP contribution >= 0.6 is 0 Å². The van der Waals surface area contributed by atoms with Crippen molar-refractivity contribution in [2.45, 2.75) is 25.5 Å². The summed E-state index contributed by atoms with van der Waals surface area (Å²) >= 11 is 0. The average Bonchev–Trinajstić information content (AvgIpc) is 2.15. The molecule has 0 aromatic heterocycles. The Morgan fingerprint density at radius 3 is 3.00 bits per heavy atom. The van der Waals surface area contributed by atoms with Gasteiger partial charge in [0.2, 0.25) is 0 Å². The lowest BCUT2D eigenvalue weighted by atomic mass is 10.2. The molecule has 14 heavy (non-hydrogen) atoms. The standard InChI is InChI=1S/C9H17NO4/c1-7(11)2-3-10-4-5-14-6-8(10)9(12)13/h7-8,11H,2-6H2,1H3,(H,12,13). The maximum atomic E-state index is 10.8. The molecule has 5 heteroatoms. The lowest BCUT2D eigenvalue weighted by molar-refractivity contribution is -0.149. The van der Waals surface area contributed by atoms with E-state index in [9.17, 15) is 4.79 Å². The zero-order valence-electron chi connectivity index (χ0n) is 8.35. The smallest absolute Gasteiger partial charge is 0.323 e. The largest absolute Gasteiger partial charge is 0.480 e. The molecule has 0 spiro atoms. The Balaban J connectivity index is 2.42. The van der Waals surface area contributed by atoms with Gasteiger partial charge in [-0.05, 0) is 13.3 Å². The van der Waals surface area contributed by atoms with Gasteiger partial charge < -0.3 is 14.9 Å². The van der Waals surface area contributed by atoms with E-state index in [-0.39, 0.29) is 12.7 Å². The summed E-state index contributed by atoms with van der Waals surface area (Å²) in [4.78, 5) is 12.7. The summed E-state index contributed by atoms with van der Waals surface area (Å²) in [5.41, 5.74) is 0. The van der Waals surface area contributed by atoms with E-state index in [2.05, 4.69) is 0 Å². The van der Waals surface area contributed by atoms with Crippen molar-refractivity contribution in [1.29, 1.82) is 0 Å². The molecule has 0 saturated carbocycles. The molecule has 1 saturated heterocycles. The number of rotatable bonds is 4. The number of morpholine rings is 1. The van der Waals surface area contributed by atoms with E-state index in [1.54, 1.807) is 6.92 Å². The van der Waals surface area contributed by atoms with Crippen LogP contribution < -0.4 is 0 Å². The number of hydrogen-bond acceptors (Lipinski definition) is 4. The van der Waals surface area contributed by atoms with Gasteiger partial charge in [0.15, 0.2) is 0 Å². The van der Waals surface area contributed by atoms with Crippen LogP contribution in [0.3, 0.4) is 0 Å². The van der Waals surface area contributed by atoms with Gasteiger partial charge >= 0.3 is 5.97 Å². The van der Waals surface area contributed by atoms with Crippen molar-refractivity contribution in [1.82, 2.24) is 4.90 Å². The Bertz CT molecular complexity index is 195. The number of carbonyl (C=O) groups is 1. The van der Waals surface area contributed by atoms with Crippen molar-refractivity contribution in [3.8, 4) is 0 Å². The molecular weight excluding hydrogens is 186 g/mol. The molecule has 2 unspecified atom stereocenters. The Morgan fingerprint density at radius 2 is 2.43 bits per heavy atom. The van der Waals surface area contributed by atoms with E-state index < -0.39 is 12.0 Å². The van der Waals surface area contributed by atoms with E-state index in [1.807, 2.05) is 4.90 Å². The third kappa shape index (κ3) is 3.25. The maximum absolute atomic E-state index is 10.8. The van der Waals surface area contributed by atoms with Crippen molar-refractivity contribution in [2.75, 3.05) is 26.3 Å². The Morgan fingerprint density at radius 1 is 1.71 bits per heavy atom. The number of ether oxygens (including phenoxy) is 1. The number of aliphatic hydroxyl groups excluding tert-OH is 1. The van der Waals surface area contributed by atoms with Crippen molar-refractivity contribution in [2.24, 2.45) is 0 Å². The monoisotopic (exact) mass is 203 g/mol. The molecule has 0 bridgehead atoms. The van der Waals surface area contributed by atoms with Gasteiger partial charge in [-0.25, -0.2) is 0 Å². The van der Waals surface area contributed by atoms with Gasteiger partial charge in [-0.1, -0.05) is 0 Å². The van der Waals surface area contributed by atoms with Crippen LogP contribution in [0, 0.1) is 0 Å². The maximum Gasteiger partial charge on any atom is 0.323 e. The summed E-state index contributed by atoms with van der Waals surface area (Å²) in [6.07, 6.45) is 0.219. The highest BCUT2D eigenvalue weighted by molar-refractivity contribution is 5.73. The fourth-order valence-corrected chi connectivity index (χ4v) is 1.49. The zero-order chi connectivity index (χ0) is 10.6. The van der Waals surface area contributed by atoms with E-state index in [0.29, 0.717) is 26.1 Å². The predicted octanol–water partition coefficient (Wildman–Crippen LogP) is -0.457. The van der Waals surface area contributed by atoms with Gasteiger partial charge in [-0.2, -0.15) is 0 Å². The Kier molecular flexibility index (Phi) is 4.31. The number of carboxylic acid groups (broad SMARTS) is 1. The van der Waals surface area contributed by atoms with Gasteiger partial charge in [0, 0.05) is 13.1 Å². The highest BCUT2D eigenvalue weighted by atomic mass is 16.5. The quantitative estimate of drug-likeness (QED) is 0.647. The van der Waals surface area contributed by atoms with Gasteiger partial charge in [0.1, 0.15) is 6.04 Å². The molecule has 1 heterocycles. The minimum absolute atomic E-state index is 0.245. The first-order valence-corrected chi connectivity index (χ1v) is 4.84. The van der Waals surface area contributed by atoms with E-state index >= 15 is 0 Å². The predicted molar refractivity (Wildman–Crippen MR) is 50.1 cm³/mol. The summed E-state index contributed by atoms with van der Waals surface area (Å²) in [6, 6.07) is -0.553. The summed E-state index contributed by atoms with van der Waals surface area (Å²) < 4.78 is 5.10. The second-order valence-corrected chi connectivity index (χ2v) is 3.60. The molecule has 2 N–H and O–H groups in total. The molecular formula is C9H17NO4. The van der Waals surface area contributed by atoms with E-state index in [4.69, 9.17) is 14.9 Å². The lowest BCUT2D eigenvalue weighted by Crippen LogP contribution is -2.50. The first-order valence-electron chi connectivity index (χ1n) is 4.84. The highest BCUT2D eigenvalue weighted by Crippen LogP contribution is 2.08. The van der Waals surface area contributed by atoms with Crippen molar-refractivity contribution < 1.29 is 19.7 Å². The molecule has 1 aliphatic heterocycles. The Hall–Kier alpha value is -0.650. The van der Waals surface area contributed by atoms with Crippen LogP contribution in [0.5, 0.6) is 0 Å². The summed E-state index contributed by atoms with van der Waals surface area (Å²) in [5.74, 6) is -0.852. The average molecular weight is 203 g/mol. The van der Waals surface area contributed by atoms with Crippen LogP contribution in [0.25, 0.3) is 0 Å². The van der Waals surface area contributed by atoms with Gasteiger partial charge in [-0.15, -0.1) is 0 Å². The molecule has 1 aliphatic rings. The van der Waals surface area contributed by atoms with E-state index in [0.717, 1.165) is 0 Å². The van der Waals surface area contributed by atoms with Gasteiger partial charge in [0.25, 0.3) is 0 Å². The molecule has 2 atom stereocenters. The second-order valence-electron chi connectivity index (χ2n) is 3.60. The van der Waals surface area contributed by atoms with Crippen molar-refractivity contribution >= 4 is 5.97 Å². The van der Waals surface area contributed by atoms with Crippen molar-refractivity contribution in [3.63, 3.8) is 0 Å². The fraction of sp³-hybridized carbons (Fsp3) is 0.889. The Labute approximate surface area is 83.3 Å². The number of aliphatic hydroxyl groups is 1. The SMILES string of the molecule is CC(O)CCN1CCOCC1C(=O)O. The minimum Gasteiger partial charge on any atom is -0.480 e. The molecule has 0 aliphatic carbocycles. The molecule has 1 rings (SSSR count). The number of carboxylic acids is 1. The third-order valence-corrected chi connectivity index (χ3v) is 2.36. The lowest BCUT2D eigenvalue weighted by Gasteiger charge is -2.32. The number of nitrogens with zero attached hydrogens (tertiary/aromatic N) is 1. The second kappa shape index (κ2) is 5.29. The fourth-order valence-electron chi connectivity index (χ4n) is 1.49. The van der Waals surface area contributed by atoms with Crippen LogP contribution in [-0.2, 0) is 9.53 Å². The summed E-state index contributed by atoms with van der Waals surface area (Å²) in [7, 11) is 0. The molecule has 5 nitrogen and oxygen atoms in total. The molecule has 82 valence electrons. The molecule has 0 amide bonds. The normalized spacial score (nSPS) is 26.0. The van der Waals surface area contributed by atoms with Crippen molar-refractivity contribution in [3.05, 3.63) is 0 Å². The number of hydrogen-bond donors (Lipinski definition) is 2. The van der Waals surface area contributed by atoms with Crippen LogP contribution in [0.15, 0.2) is 0 Å². The van der Waals surface area contributed by atoms with Crippen LogP contribution in [0.2, 0.25) is 0 Å². The molecule has 0 radical (unpaired) electrons. The molecule has 0 aromatic carbocycles. The summed E-state index contributed by atoms with van der Waals surface area (Å²) in [5, 5.41) is 18.0. The summed E-state index contributed by atoms with van der Waals surface area (Å²) in [6.45, 7) is 3.76. The van der Waals surface area contributed by atoms with Crippen LogP contribution in [0.4, 0.5) is 0 Å². The first-order chi connectivity index (χ1) is 6.61.